The highest BCUT2D eigenvalue weighted by Gasteiger charge is 2.20. The number of phenolic OH excluding ortho intramolecular Hbond substituents is 1. The van der Waals surface area contributed by atoms with Gasteiger partial charge in [-0.25, -0.2) is 0 Å². The van der Waals surface area contributed by atoms with Gasteiger partial charge in [0.1, 0.15) is 16.3 Å². The first kappa shape index (κ1) is 17.5. The minimum atomic E-state index is -4.58. The van der Waals surface area contributed by atoms with E-state index >= 15 is 0 Å². The molecule has 0 spiro atoms. The number of rotatable bonds is 4. The molecule has 0 saturated heterocycles. The zero-order valence-corrected chi connectivity index (χ0v) is 13.5. The highest BCUT2D eigenvalue weighted by atomic mass is 32.2. The molecule has 9 nitrogen and oxygen atoms in total. The van der Waals surface area contributed by atoms with Crippen LogP contribution in [-0.4, -0.2) is 23.0 Å². The summed E-state index contributed by atoms with van der Waals surface area (Å²) in [6, 6.07) is 5.98. The maximum Gasteiger partial charge on any atom is 0.298 e. The Morgan fingerprint density at radius 3 is 2.29 bits per heavy atom. The van der Waals surface area contributed by atoms with Crippen LogP contribution >= 0.6 is 0 Å². The average molecular weight is 351 g/mol. The van der Waals surface area contributed by atoms with Crippen LogP contribution in [0.3, 0.4) is 0 Å². The smallest absolute Gasteiger partial charge is 0.298 e. The Balaban J connectivity index is 2.52. The van der Waals surface area contributed by atoms with Gasteiger partial charge in [0.2, 0.25) is 0 Å². The molecule has 0 atom stereocenters. The van der Waals surface area contributed by atoms with Crippen LogP contribution in [0.15, 0.2) is 45.5 Å². The van der Waals surface area contributed by atoms with Gasteiger partial charge in [-0.1, -0.05) is 6.07 Å². The van der Waals surface area contributed by atoms with Crippen molar-refractivity contribution in [3.8, 4) is 5.75 Å². The summed E-state index contributed by atoms with van der Waals surface area (Å²) in [5.41, 5.74) is 0.653. The van der Waals surface area contributed by atoms with E-state index in [1.54, 1.807) is 26.0 Å². The van der Waals surface area contributed by atoms with Crippen molar-refractivity contribution in [2.24, 2.45) is 10.2 Å². The zero-order valence-electron chi connectivity index (χ0n) is 12.7. The first-order valence-corrected chi connectivity index (χ1v) is 8.01. The summed E-state index contributed by atoms with van der Waals surface area (Å²) in [6.45, 7) is 3.46. The summed E-state index contributed by atoms with van der Waals surface area (Å²) >= 11 is 0. The molecule has 10 heteroatoms. The average Bonchev–Trinajstić information content (AvgIpc) is 2.48. The van der Waals surface area contributed by atoms with Crippen molar-refractivity contribution in [3.05, 3.63) is 51.6 Å². The molecule has 24 heavy (non-hydrogen) atoms. The van der Waals surface area contributed by atoms with Crippen molar-refractivity contribution in [2.75, 3.05) is 0 Å². The molecule has 2 aromatic carbocycles. The number of hydrogen-bond acceptors (Lipinski definition) is 7. The standard InChI is InChI=1S/C14H13N3O6S/c1-8-5-9(2)14(18)12(6-8)16-15-11-4-3-10(24(21,22)23)7-13(11)17(19)20/h3-7,18H,1-2H3,(H,21,22,23). The van der Waals surface area contributed by atoms with E-state index in [4.69, 9.17) is 4.55 Å². The van der Waals surface area contributed by atoms with Crippen LogP contribution in [0, 0.1) is 24.0 Å². The fourth-order valence-electron chi connectivity index (χ4n) is 2.02. The summed E-state index contributed by atoms with van der Waals surface area (Å²) in [5, 5.41) is 28.5. The molecule has 0 aliphatic heterocycles. The Hall–Kier alpha value is -2.85. The monoisotopic (exact) mass is 351 g/mol. The number of nitro groups is 1. The summed E-state index contributed by atoms with van der Waals surface area (Å²) < 4.78 is 31.1. The van der Waals surface area contributed by atoms with E-state index in [2.05, 4.69) is 10.2 Å². The molecule has 0 saturated carbocycles. The predicted octanol–water partition coefficient (Wildman–Crippen LogP) is 3.58. The number of aryl methyl sites for hydroxylation is 2. The van der Waals surface area contributed by atoms with Crippen molar-refractivity contribution in [1.29, 1.82) is 0 Å². The second kappa shape index (κ2) is 6.34. The van der Waals surface area contributed by atoms with Crippen molar-refractivity contribution in [3.63, 3.8) is 0 Å². The van der Waals surface area contributed by atoms with Gasteiger partial charge in [0.15, 0.2) is 5.69 Å². The summed E-state index contributed by atoms with van der Waals surface area (Å²) in [7, 11) is -4.58. The Bertz CT molecular complexity index is 953. The third-order valence-corrected chi connectivity index (χ3v) is 3.98. The maximum atomic E-state index is 11.1. The fraction of sp³-hybridized carbons (Fsp3) is 0.143. The van der Waals surface area contributed by atoms with Gasteiger partial charge in [-0.05, 0) is 43.2 Å². The Kier molecular flexibility index (Phi) is 4.62. The number of phenols is 1. The highest BCUT2D eigenvalue weighted by molar-refractivity contribution is 7.85. The molecule has 2 aromatic rings. The lowest BCUT2D eigenvalue weighted by Gasteiger charge is -2.04. The summed E-state index contributed by atoms with van der Waals surface area (Å²) in [5.74, 6) is -0.110. The molecule has 0 fully saturated rings. The molecule has 0 amide bonds. The van der Waals surface area contributed by atoms with E-state index in [0.717, 1.165) is 17.7 Å². The van der Waals surface area contributed by atoms with Crippen LogP contribution in [0.4, 0.5) is 17.1 Å². The van der Waals surface area contributed by atoms with Crippen molar-refractivity contribution in [1.82, 2.24) is 0 Å². The largest absolute Gasteiger partial charge is 0.505 e. The third kappa shape index (κ3) is 3.73. The van der Waals surface area contributed by atoms with E-state index in [1.165, 1.54) is 0 Å². The molecule has 0 aliphatic rings. The van der Waals surface area contributed by atoms with E-state index in [-0.39, 0.29) is 17.1 Å². The lowest BCUT2D eigenvalue weighted by Crippen LogP contribution is -1.99. The molecular weight excluding hydrogens is 338 g/mol. The van der Waals surface area contributed by atoms with Crippen LogP contribution in [-0.2, 0) is 10.1 Å². The van der Waals surface area contributed by atoms with Gasteiger partial charge >= 0.3 is 0 Å². The van der Waals surface area contributed by atoms with E-state index in [1.807, 2.05) is 0 Å². The SMILES string of the molecule is Cc1cc(C)c(O)c(N=Nc2ccc(S(=O)(=O)O)cc2[N+](=O)[O-])c1. The van der Waals surface area contributed by atoms with Crippen molar-refractivity contribution in [2.45, 2.75) is 18.7 Å². The van der Waals surface area contributed by atoms with Crippen molar-refractivity contribution < 1.29 is 23.0 Å². The lowest BCUT2D eigenvalue weighted by molar-refractivity contribution is -0.384. The van der Waals surface area contributed by atoms with Gasteiger partial charge in [0.25, 0.3) is 15.8 Å². The third-order valence-electron chi connectivity index (χ3n) is 3.13. The van der Waals surface area contributed by atoms with E-state index < -0.39 is 25.6 Å². The van der Waals surface area contributed by atoms with Crippen molar-refractivity contribution >= 4 is 27.2 Å². The topological polar surface area (TPSA) is 142 Å². The fourth-order valence-corrected chi connectivity index (χ4v) is 2.52. The highest BCUT2D eigenvalue weighted by Crippen LogP contribution is 2.35. The van der Waals surface area contributed by atoms with Gasteiger partial charge in [0.05, 0.1) is 4.92 Å². The normalized spacial score (nSPS) is 11.8. The summed E-state index contributed by atoms with van der Waals surface area (Å²) in [6.07, 6.45) is 0. The van der Waals surface area contributed by atoms with Crippen LogP contribution in [0.2, 0.25) is 0 Å². The quantitative estimate of drug-likeness (QED) is 0.373. The number of nitro benzene ring substituents is 1. The summed E-state index contributed by atoms with van der Waals surface area (Å²) in [4.78, 5) is 9.60. The number of nitrogens with zero attached hydrogens (tertiary/aromatic N) is 3. The van der Waals surface area contributed by atoms with Gasteiger partial charge in [0, 0.05) is 6.07 Å². The number of benzene rings is 2. The zero-order chi connectivity index (χ0) is 18.1. The molecule has 0 aliphatic carbocycles. The molecule has 126 valence electrons. The van der Waals surface area contributed by atoms with Crippen LogP contribution in [0.5, 0.6) is 5.75 Å². The lowest BCUT2D eigenvalue weighted by atomic mass is 10.1. The molecule has 0 radical (unpaired) electrons. The second-order valence-electron chi connectivity index (χ2n) is 5.03. The van der Waals surface area contributed by atoms with E-state index in [0.29, 0.717) is 11.6 Å². The van der Waals surface area contributed by atoms with E-state index in [9.17, 15) is 23.6 Å². The Morgan fingerprint density at radius 1 is 1.08 bits per heavy atom. The Labute approximate surface area is 137 Å². The molecule has 0 bridgehead atoms. The number of azo groups is 1. The van der Waals surface area contributed by atoms with Gasteiger partial charge in [-0.15, -0.1) is 10.2 Å². The van der Waals surface area contributed by atoms with Crippen LogP contribution in [0.1, 0.15) is 11.1 Å². The minimum absolute atomic E-state index is 0.110. The van der Waals surface area contributed by atoms with Crippen LogP contribution in [0.25, 0.3) is 0 Å². The van der Waals surface area contributed by atoms with Gasteiger partial charge in [-0.2, -0.15) is 8.42 Å². The maximum absolute atomic E-state index is 11.1. The number of aromatic hydroxyl groups is 1. The molecular formula is C14H13N3O6S. The first-order valence-electron chi connectivity index (χ1n) is 6.57. The predicted molar refractivity (Wildman–Crippen MR) is 84.7 cm³/mol. The van der Waals surface area contributed by atoms with Gasteiger partial charge in [-0.3, -0.25) is 14.7 Å². The van der Waals surface area contributed by atoms with Gasteiger partial charge < -0.3 is 5.11 Å². The number of hydrogen-bond donors (Lipinski definition) is 2. The molecule has 2 N–H and O–H groups in total. The minimum Gasteiger partial charge on any atom is -0.505 e. The first-order chi connectivity index (χ1) is 11.1. The second-order valence-corrected chi connectivity index (χ2v) is 6.45. The molecule has 0 heterocycles. The molecule has 0 unspecified atom stereocenters. The van der Waals surface area contributed by atoms with Crippen LogP contribution < -0.4 is 0 Å². The Morgan fingerprint density at radius 2 is 1.71 bits per heavy atom. The molecule has 0 aromatic heterocycles. The molecule has 2 rings (SSSR count).